The Morgan fingerprint density at radius 2 is 2.09 bits per heavy atom. The second kappa shape index (κ2) is 2.36. The summed E-state index contributed by atoms with van der Waals surface area (Å²) in [5, 5.41) is 9.67. The molecule has 1 aliphatic rings. The van der Waals surface area contributed by atoms with Crippen LogP contribution in [0.3, 0.4) is 0 Å². The summed E-state index contributed by atoms with van der Waals surface area (Å²) < 4.78 is 0. The highest BCUT2D eigenvalue weighted by molar-refractivity contribution is 5.31. The van der Waals surface area contributed by atoms with Crippen LogP contribution < -0.4 is 11.5 Å². The molecule has 0 radical (unpaired) electrons. The van der Waals surface area contributed by atoms with Gasteiger partial charge < -0.3 is 10.8 Å². The standard InChI is InChI=1S/C8H14N2O/c1-5-3-4-7(9)6(2)8(5,10)11/h3-4,6,11H,9-10H2,1-2H3. The molecule has 0 aromatic carbocycles. The molecule has 0 bridgehead atoms. The lowest BCUT2D eigenvalue weighted by Crippen LogP contribution is -2.50. The monoisotopic (exact) mass is 154 g/mol. The maximum Gasteiger partial charge on any atom is 0.143 e. The van der Waals surface area contributed by atoms with Gasteiger partial charge in [0.2, 0.25) is 0 Å². The van der Waals surface area contributed by atoms with Crippen LogP contribution in [0.4, 0.5) is 0 Å². The Bertz CT molecular complexity index is 228. The fourth-order valence-corrected chi connectivity index (χ4v) is 1.09. The van der Waals surface area contributed by atoms with Crippen LogP contribution in [0.15, 0.2) is 23.4 Å². The van der Waals surface area contributed by atoms with E-state index in [1.807, 2.05) is 6.92 Å². The molecule has 1 rings (SSSR count). The van der Waals surface area contributed by atoms with Crippen molar-refractivity contribution in [3.63, 3.8) is 0 Å². The highest BCUT2D eigenvalue weighted by atomic mass is 16.3. The average molecular weight is 154 g/mol. The molecule has 11 heavy (non-hydrogen) atoms. The summed E-state index contributed by atoms with van der Waals surface area (Å²) in [5.41, 5.74) is 11.3. The van der Waals surface area contributed by atoms with Gasteiger partial charge in [-0.25, -0.2) is 0 Å². The van der Waals surface area contributed by atoms with Gasteiger partial charge in [0, 0.05) is 11.6 Å². The number of aliphatic hydroxyl groups is 1. The quantitative estimate of drug-likeness (QED) is 0.432. The van der Waals surface area contributed by atoms with E-state index in [0.29, 0.717) is 5.70 Å². The molecule has 0 saturated carbocycles. The van der Waals surface area contributed by atoms with Gasteiger partial charge in [-0.3, -0.25) is 5.73 Å². The van der Waals surface area contributed by atoms with Crippen LogP contribution in [-0.2, 0) is 0 Å². The van der Waals surface area contributed by atoms with Gasteiger partial charge in [-0.15, -0.1) is 0 Å². The zero-order chi connectivity index (χ0) is 8.65. The van der Waals surface area contributed by atoms with Crippen molar-refractivity contribution in [2.75, 3.05) is 0 Å². The zero-order valence-corrected chi connectivity index (χ0v) is 6.83. The molecule has 0 aliphatic heterocycles. The summed E-state index contributed by atoms with van der Waals surface area (Å²) in [5.74, 6) is -0.201. The summed E-state index contributed by atoms with van der Waals surface area (Å²) in [7, 11) is 0. The topological polar surface area (TPSA) is 72.3 Å². The van der Waals surface area contributed by atoms with Crippen LogP contribution in [0.1, 0.15) is 13.8 Å². The van der Waals surface area contributed by atoms with Gasteiger partial charge in [0.15, 0.2) is 0 Å². The molecule has 5 N–H and O–H groups in total. The van der Waals surface area contributed by atoms with E-state index < -0.39 is 5.72 Å². The van der Waals surface area contributed by atoms with Crippen LogP contribution in [0.2, 0.25) is 0 Å². The Morgan fingerprint density at radius 3 is 2.55 bits per heavy atom. The fourth-order valence-electron chi connectivity index (χ4n) is 1.09. The lowest BCUT2D eigenvalue weighted by Gasteiger charge is -2.33. The molecule has 0 fully saturated rings. The third-order valence-corrected chi connectivity index (χ3v) is 2.32. The van der Waals surface area contributed by atoms with Gasteiger partial charge in [0.25, 0.3) is 0 Å². The van der Waals surface area contributed by atoms with Crippen molar-refractivity contribution in [3.8, 4) is 0 Å². The molecule has 3 heteroatoms. The predicted octanol–water partition coefficient (Wildman–Crippen LogP) is 0.0723. The van der Waals surface area contributed by atoms with Crippen molar-refractivity contribution in [1.29, 1.82) is 0 Å². The number of rotatable bonds is 0. The molecule has 2 atom stereocenters. The first-order valence-electron chi connectivity index (χ1n) is 3.62. The molecule has 0 heterocycles. The molecular weight excluding hydrogens is 140 g/mol. The Balaban J connectivity index is 3.03. The van der Waals surface area contributed by atoms with Crippen LogP contribution in [0, 0.1) is 5.92 Å². The smallest absolute Gasteiger partial charge is 0.143 e. The Labute approximate surface area is 66.4 Å². The van der Waals surface area contributed by atoms with Crippen molar-refractivity contribution in [2.24, 2.45) is 17.4 Å². The Hall–Kier alpha value is -0.800. The highest BCUT2D eigenvalue weighted by Crippen LogP contribution is 2.27. The van der Waals surface area contributed by atoms with Crippen molar-refractivity contribution < 1.29 is 5.11 Å². The Morgan fingerprint density at radius 1 is 1.55 bits per heavy atom. The third kappa shape index (κ3) is 1.17. The summed E-state index contributed by atoms with van der Waals surface area (Å²) in [4.78, 5) is 0. The lowest BCUT2D eigenvalue weighted by molar-refractivity contribution is 0.0424. The Kier molecular flexibility index (Phi) is 1.78. The van der Waals surface area contributed by atoms with Crippen LogP contribution in [0.25, 0.3) is 0 Å². The van der Waals surface area contributed by atoms with Gasteiger partial charge in [-0.05, 0) is 18.6 Å². The van der Waals surface area contributed by atoms with E-state index in [2.05, 4.69) is 0 Å². The maximum absolute atomic E-state index is 9.67. The number of hydrogen-bond donors (Lipinski definition) is 3. The van der Waals surface area contributed by atoms with Crippen molar-refractivity contribution >= 4 is 0 Å². The van der Waals surface area contributed by atoms with E-state index in [1.165, 1.54) is 0 Å². The lowest BCUT2D eigenvalue weighted by atomic mass is 9.85. The molecule has 0 saturated heterocycles. The zero-order valence-electron chi connectivity index (χ0n) is 6.83. The van der Waals surface area contributed by atoms with E-state index in [1.54, 1.807) is 19.1 Å². The summed E-state index contributed by atoms with van der Waals surface area (Å²) in [6, 6.07) is 0. The SMILES string of the molecule is CC1=CC=C(N)C(C)C1(N)O. The second-order valence-corrected chi connectivity index (χ2v) is 3.06. The molecule has 0 aromatic heterocycles. The average Bonchev–Trinajstić information content (AvgIpc) is 1.95. The van der Waals surface area contributed by atoms with Gasteiger partial charge in [0.05, 0.1) is 0 Å². The van der Waals surface area contributed by atoms with E-state index >= 15 is 0 Å². The second-order valence-electron chi connectivity index (χ2n) is 3.06. The number of hydrogen-bond acceptors (Lipinski definition) is 3. The van der Waals surface area contributed by atoms with Crippen molar-refractivity contribution in [3.05, 3.63) is 23.4 Å². The van der Waals surface area contributed by atoms with Crippen molar-refractivity contribution in [1.82, 2.24) is 0 Å². The predicted molar refractivity (Wildman–Crippen MR) is 44.3 cm³/mol. The van der Waals surface area contributed by atoms with E-state index in [4.69, 9.17) is 11.5 Å². The first-order chi connectivity index (χ1) is 4.96. The van der Waals surface area contributed by atoms with Crippen LogP contribution in [0.5, 0.6) is 0 Å². The molecule has 0 amide bonds. The van der Waals surface area contributed by atoms with E-state index in [9.17, 15) is 5.11 Å². The summed E-state index contributed by atoms with van der Waals surface area (Å²) in [6.45, 7) is 3.60. The molecule has 0 spiro atoms. The van der Waals surface area contributed by atoms with Gasteiger partial charge >= 0.3 is 0 Å². The minimum absolute atomic E-state index is 0.201. The third-order valence-electron chi connectivity index (χ3n) is 2.32. The largest absolute Gasteiger partial charge is 0.402 e. The summed E-state index contributed by atoms with van der Waals surface area (Å²) >= 11 is 0. The number of allylic oxidation sites excluding steroid dienone is 2. The molecule has 62 valence electrons. The van der Waals surface area contributed by atoms with Crippen LogP contribution in [-0.4, -0.2) is 10.8 Å². The molecule has 1 aliphatic carbocycles. The minimum atomic E-state index is -1.27. The van der Waals surface area contributed by atoms with Gasteiger partial charge in [-0.1, -0.05) is 13.0 Å². The molecule has 0 aromatic rings. The van der Waals surface area contributed by atoms with Gasteiger partial charge in [0.1, 0.15) is 5.72 Å². The fraction of sp³-hybridized carbons (Fsp3) is 0.500. The molecule has 2 unspecified atom stereocenters. The normalized spacial score (nSPS) is 38.0. The highest BCUT2D eigenvalue weighted by Gasteiger charge is 2.34. The number of nitrogens with two attached hydrogens (primary N) is 2. The van der Waals surface area contributed by atoms with E-state index in [0.717, 1.165) is 5.57 Å². The van der Waals surface area contributed by atoms with Gasteiger partial charge in [-0.2, -0.15) is 0 Å². The molecular formula is C8H14N2O. The minimum Gasteiger partial charge on any atom is -0.402 e. The molecule has 3 nitrogen and oxygen atoms in total. The van der Waals surface area contributed by atoms with Crippen molar-refractivity contribution in [2.45, 2.75) is 19.6 Å². The van der Waals surface area contributed by atoms with Crippen LogP contribution >= 0.6 is 0 Å². The van der Waals surface area contributed by atoms with E-state index in [-0.39, 0.29) is 5.92 Å². The first-order valence-corrected chi connectivity index (χ1v) is 3.62. The summed E-state index contributed by atoms with van der Waals surface area (Å²) in [6.07, 6.45) is 3.52. The maximum atomic E-state index is 9.67. The first kappa shape index (κ1) is 8.30.